The Morgan fingerprint density at radius 2 is 1.39 bits per heavy atom. The van der Waals surface area contributed by atoms with Gasteiger partial charge in [-0.15, -0.1) is 0 Å². The molecule has 3 aromatic carbocycles. The first-order valence-electron chi connectivity index (χ1n) is 9.14. The summed E-state index contributed by atoms with van der Waals surface area (Å²) >= 11 is 0. The molecule has 0 saturated carbocycles. The van der Waals surface area contributed by atoms with Gasteiger partial charge in [0.15, 0.2) is 0 Å². The Hall–Kier alpha value is -3.51. The second-order valence-electron chi connectivity index (χ2n) is 6.10. The molecule has 3 rings (SSSR count). The van der Waals surface area contributed by atoms with Gasteiger partial charge in [-0.2, -0.15) is 0 Å². The van der Waals surface area contributed by atoms with Gasteiger partial charge in [0.1, 0.15) is 11.5 Å². The van der Waals surface area contributed by atoms with Gasteiger partial charge in [-0.05, 0) is 67.6 Å². The summed E-state index contributed by atoms with van der Waals surface area (Å²) in [4.78, 5) is 14.2. The third-order valence-corrected chi connectivity index (χ3v) is 4.18. The summed E-state index contributed by atoms with van der Waals surface area (Å²) in [6, 6.07) is 24.0. The number of hydrogen-bond acceptors (Lipinski definition) is 4. The van der Waals surface area contributed by atoms with E-state index in [0.717, 1.165) is 18.0 Å². The van der Waals surface area contributed by atoms with Crippen LogP contribution in [-0.2, 0) is 0 Å². The maximum absolute atomic E-state index is 12.2. The van der Waals surface area contributed by atoms with Crippen molar-refractivity contribution >= 4 is 23.1 Å². The Morgan fingerprint density at radius 3 is 1.93 bits per heavy atom. The van der Waals surface area contributed by atoms with Crippen LogP contribution >= 0.6 is 0 Å². The lowest BCUT2D eigenvalue weighted by Gasteiger charge is -2.20. The number of carbonyl (C=O) groups excluding carboxylic acids is 1. The van der Waals surface area contributed by atoms with E-state index in [-0.39, 0.29) is 6.03 Å². The van der Waals surface area contributed by atoms with Crippen LogP contribution < -0.4 is 26.0 Å². The van der Waals surface area contributed by atoms with Crippen molar-refractivity contribution in [3.05, 3.63) is 78.9 Å². The molecule has 0 radical (unpaired) electrons. The minimum atomic E-state index is -0.310. The summed E-state index contributed by atoms with van der Waals surface area (Å²) in [7, 11) is 0. The van der Waals surface area contributed by atoms with E-state index in [0.29, 0.717) is 23.8 Å². The van der Waals surface area contributed by atoms with Crippen LogP contribution in [-0.4, -0.2) is 19.2 Å². The highest BCUT2D eigenvalue weighted by Gasteiger charge is 2.05. The average Bonchev–Trinajstić information content (AvgIpc) is 2.72. The summed E-state index contributed by atoms with van der Waals surface area (Å²) < 4.78 is 5.74. The lowest BCUT2D eigenvalue weighted by Crippen LogP contribution is -2.29. The molecule has 0 bridgehead atoms. The lowest BCUT2D eigenvalue weighted by atomic mass is 10.2. The minimum absolute atomic E-state index is 0.310. The van der Waals surface area contributed by atoms with Crippen molar-refractivity contribution in [3.8, 4) is 11.5 Å². The Kier molecular flexibility index (Phi) is 6.49. The molecule has 0 aliphatic carbocycles. The largest absolute Gasteiger partial charge is 0.457 e. The summed E-state index contributed by atoms with van der Waals surface area (Å²) in [5.41, 5.74) is 8.11. The number of nitrogens with zero attached hydrogens (tertiary/aromatic N) is 1. The van der Waals surface area contributed by atoms with Gasteiger partial charge in [0.2, 0.25) is 0 Å². The monoisotopic (exact) mass is 376 g/mol. The predicted molar refractivity (Wildman–Crippen MR) is 114 cm³/mol. The van der Waals surface area contributed by atoms with Crippen molar-refractivity contribution in [1.29, 1.82) is 0 Å². The maximum Gasteiger partial charge on any atom is 0.323 e. The zero-order valence-corrected chi connectivity index (χ0v) is 15.8. The fourth-order valence-electron chi connectivity index (χ4n) is 2.70. The van der Waals surface area contributed by atoms with Gasteiger partial charge in [0, 0.05) is 23.6 Å². The number of rotatable bonds is 7. The molecule has 28 heavy (non-hydrogen) atoms. The van der Waals surface area contributed by atoms with Gasteiger partial charge in [0.25, 0.3) is 0 Å². The van der Waals surface area contributed by atoms with Crippen LogP contribution in [0.25, 0.3) is 0 Å². The van der Waals surface area contributed by atoms with Crippen LogP contribution in [0.15, 0.2) is 78.9 Å². The number of nitrogens with one attached hydrogen (secondary N) is 2. The van der Waals surface area contributed by atoms with Crippen molar-refractivity contribution in [2.75, 3.05) is 28.7 Å². The maximum atomic E-state index is 12.2. The van der Waals surface area contributed by atoms with Crippen molar-refractivity contribution in [2.24, 2.45) is 5.73 Å². The van der Waals surface area contributed by atoms with E-state index in [1.807, 2.05) is 78.6 Å². The number of amides is 2. The Balaban J connectivity index is 1.54. The number of para-hydroxylation sites is 1. The third kappa shape index (κ3) is 5.25. The van der Waals surface area contributed by atoms with E-state index in [4.69, 9.17) is 10.5 Å². The van der Waals surface area contributed by atoms with Crippen LogP contribution in [0, 0.1) is 0 Å². The molecule has 0 unspecified atom stereocenters. The molecule has 6 heteroatoms. The SMILES string of the molecule is CCN(CN)c1ccc(NC(=O)Nc2ccc(Oc3ccccc3)cc2)cc1. The zero-order chi connectivity index (χ0) is 19.8. The highest BCUT2D eigenvalue weighted by Crippen LogP contribution is 2.23. The van der Waals surface area contributed by atoms with E-state index in [2.05, 4.69) is 10.6 Å². The molecule has 4 N–H and O–H groups in total. The molecule has 0 atom stereocenters. The van der Waals surface area contributed by atoms with Crippen molar-refractivity contribution in [2.45, 2.75) is 6.92 Å². The average molecular weight is 376 g/mol. The second-order valence-corrected chi connectivity index (χ2v) is 6.10. The van der Waals surface area contributed by atoms with Gasteiger partial charge in [0.05, 0.1) is 6.67 Å². The van der Waals surface area contributed by atoms with E-state index in [1.165, 1.54) is 0 Å². The molecule has 0 spiro atoms. The van der Waals surface area contributed by atoms with Crippen molar-refractivity contribution < 1.29 is 9.53 Å². The number of hydrogen-bond donors (Lipinski definition) is 3. The quantitative estimate of drug-likeness (QED) is 0.514. The summed E-state index contributed by atoms with van der Waals surface area (Å²) in [6.45, 7) is 3.32. The molecule has 6 nitrogen and oxygen atoms in total. The number of anilines is 3. The molecule has 0 aliphatic rings. The summed E-state index contributed by atoms with van der Waals surface area (Å²) in [6.07, 6.45) is 0. The highest BCUT2D eigenvalue weighted by atomic mass is 16.5. The zero-order valence-electron chi connectivity index (χ0n) is 15.8. The first-order chi connectivity index (χ1) is 13.7. The highest BCUT2D eigenvalue weighted by molar-refractivity contribution is 5.99. The number of nitrogens with two attached hydrogens (primary N) is 1. The Bertz CT molecular complexity index is 877. The van der Waals surface area contributed by atoms with Gasteiger partial charge >= 0.3 is 6.03 Å². The standard InChI is InChI=1S/C22H24N4O2/c1-2-26(16-23)19-12-8-17(9-13-19)24-22(27)25-18-10-14-21(15-11-18)28-20-6-4-3-5-7-20/h3-15H,2,16,23H2,1H3,(H2,24,25,27). The van der Waals surface area contributed by atoms with E-state index < -0.39 is 0 Å². The van der Waals surface area contributed by atoms with E-state index in [9.17, 15) is 4.79 Å². The van der Waals surface area contributed by atoms with Crippen molar-refractivity contribution in [3.63, 3.8) is 0 Å². The summed E-state index contributed by atoms with van der Waals surface area (Å²) in [5, 5.41) is 5.62. The summed E-state index contributed by atoms with van der Waals surface area (Å²) in [5.74, 6) is 1.47. The molecular formula is C22H24N4O2. The van der Waals surface area contributed by atoms with Gasteiger partial charge in [-0.1, -0.05) is 18.2 Å². The fraction of sp³-hybridized carbons (Fsp3) is 0.136. The molecule has 0 aromatic heterocycles. The molecule has 144 valence electrons. The van der Waals surface area contributed by atoms with Crippen LogP contribution in [0.3, 0.4) is 0 Å². The predicted octanol–water partition coefficient (Wildman–Crippen LogP) is 4.87. The number of urea groups is 1. The van der Waals surface area contributed by atoms with Crippen LogP contribution in [0.5, 0.6) is 11.5 Å². The number of ether oxygens (including phenoxy) is 1. The van der Waals surface area contributed by atoms with Crippen molar-refractivity contribution in [1.82, 2.24) is 0 Å². The minimum Gasteiger partial charge on any atom is -0.457 e. The van der Waals surface area contributed by atoms with Crippen LogP contribution in [0.4, 0.5) is 21.9 Å². The van der Waals surface area contributed by atoms with Gasteiger partial charge in [-0.3, -0.25) is 0 Å². The van der Waals surface area contributed by atoms with Gasteiger partial charge in [-0.25, -0.2) is 4.79 Å². The van der Waals surface area contributed by atoms with Crippen LogP contribution in [0.2, 0.25) is 0 Å². The van der Waals surface area contributed by atoms with Gasteiger partial charge < -0.3 is 26.0 Å². The number of benzene rings is 3. The molecule has 0 heterocycles. The topological polar surface area (TPSA) is 79.6 Å². The molecule has 0 aliphatic heterocycles. The third-order valence-electron chi connectivity index (χ3n) is 4.18. The molecule has 0 saturated heterocycles. The van der Waals surface area contributed by atoms with E-state index in [1.54, 1.807) is 12.1 Å². The Morgan fingerprint density at radius 1 is 0.857 bits per heavy atom. The lowest BCUT2D eigenvalue weighted by molar-refractivity contribution is 0.262. The van der Waals surface area contributed by atoms with E-state index >= 15 is 0 Å². The Labute approximate surface area is 164 Å². The fourth-order valence-corrected chi connectivity index (χ4v) is 2.70. The van der Waals surface area contributed by atoms with Crippen LogP contribution in [0.1, 0.15) is 6.92 Å². The first-order valence-corrected chi connectivity index (χ1v) is 9.14. The molecule has 3 aromatic rings. The molecular weight excluding hydrogens is 352 g/mol. The molecule has 2 amide bonds. The first kappa shape index (κ1) is 19.3. The smallest absolute Gasteiger partial charge is 0.323 e. The normalized spacial score (nSPS) is 10.2. The second kappa shape index (κ2) is 9.43. The molecule has 0 fully saturated rings. The number of carbonyl (C=O) groups is 1.